The van der Waals surface area contributed by atoms with E-state index in [-0.39, 0.29) is 11.7 Å². The van der Waals surface area contributed by atoms with Crippen LogP contribution in [0.15, 0.2) is 18.2 Å². The van der Waals surface area contributed by atoms with Crippen LogP contribution in [0, 0.1) is 5.82 Å². The second kappa shape index (κ2) is 6.52. The van der Waals surface area contributed by atoms with E-state index >= 15 is 0 Å². The van der Waals surface area contributed by atoms with Gasteiger partial charge in [0, 0.05) is 25.1 Å². The molecule has 19 heavy (non-hydrogen) atoms. The van der Waals surface area contributed by atoms with Crippen molar-refractivity contribution in [3.63, 3.8) is 0 Å². The molecule has 1 aliphatic rings. The maximum absolute atomic E-state index is 13.1. The Hall–Kier alpha value is -1.62. The van der Waals surface area contributed by atoms with Crippen LogP contribution in [0.1, 0.15) is 26.2 Å². The first-order chi connectivity index (χ1) is 9.19. The summed E-state index contributed by atoms with van der Waals surface area (Å²) in [5, 5.41) is 6.02. The number of hydrogen-bond donors (Lipinski definition) is 2. The van der Waals surface area contributed by atoms with Gasteiger partial charge in [0.25, 0.3) is 0 Å². The van der Waals surface area contributed by atoms with E-state index in [9.17, 15) is 9.18 Å². The minimum absolute atomic E-state index is 0.0966. The Bertz CT molecular complexity index is 447. The summed E-state index contributed by atoms with van der Waals surface area (Å²) >= 11 is 0. The fourth-order valence-electron chi connectivity index (χ4n) is 1.76. The lowest BCUT2D eigenvalue weighted by Crippen LogP contribution is -2.23. The van der Waals surface area contributed by atoms with Crippen molar-refractivity contribution in [2.24, 2.45) is 0 Å². The number of benzene rings is 1. The van der Waals surface area contributed by atoms with Gasteiger partial charge in [-0.15, -0.1) is 0 Å². The van der Waals surface area contributed by atoms with E-state index in [1.54, 1.807) is 0 Å². The predicted octanol–water partition coefficient (Wildman–Crippen LogP) is 2.30. The lowest BCUT2D eigenvalue weighted by Gasteiger charge is -2.11. The summed E-state index contributed by atoms with van der Waals surface area (Å²) in [4.78, 5) is 11.8. The molecular weight excluding hydrogens is 247 g/mol. The van der Waals surface area contributed by atoms with Gasteiger partial charge in [-0.3, -0.25) is 4.79 Å². The van der Waals surface area contributed by atoms with Crippen molar-refractivity contribution in [2.75, 3.05) is 18.5 Å². The van der Waals surface area contributed by atoms with Crippen LogP contribution in [0.3, 0.4) is 0 Å². The molecule has 0 radical (unpaired) electrons. The highest BCUT2D eigenvalue weighted by Crippen LogP contribution is 2.25. The molecule has 0 aliphatic heterocycles. The number of nitrogens with one attached hydrogen (secondary N) is 2. The average molecular weight is 266 g/mol. The highest BCUT2D eigenvalue weighted by atomic mass is 19.1. The number of ether oxygens (including phenoxy) is 1. The molecule has 0 saturated heterocycles. The summed E-state index contributed by atoms with van der Waals surface area (Å²) in [6, 6.07) is 4.70. The third kappa shape index (κ3) is 4.52. The summed E-state index contributed by atoms with van der Waals surface area (Å²) < 4.78 is 18.4. The van der Waals surface area contributed by atoms with E-state index in [0.717, 1.165) is 0 Å². The van der Waals surface area contributed by atoms with Gasteiger partial charge in [-0.1, -0.05) is 0 Å². The van der Waals surface area contributed by atoms with Gasteiger partial charge in [-0.2, -0.15) is 0 Å². The molecule has 1 aliphatic carbocycles. The third-order valence-electron chi connectivity index (χ3n) is 2.88. The molecule has 4 nitrogen and oxygen atoms in total. The zero-order valence-electron chi connectivity index (χ0n) is 11.0. The van der Waals surface area contributed by atoms with E-state index < -0.39 is 0 Å². The maximum Gasteiger partial charge on any atom is 0.225 e. The Morgan fingerprint density at radius 1 is 1.47 bits per heavy atom. The van der Waals surface area contributed by atoms with E-state index in [1.807, 2.05) is 6.92 Å². The van der Waals surface area contributed by atoms with Gasteiger partial charge in [-0.25, -0.2) is 4.39 Å². The van der Waals surface area contributed by atoms with Crippen LogP contribution in [0.2, 0.25) is 0 Å². The number of carbonyl (C=O) groups is 1. The van der Waals surface area contributed by atoms with Crippen molar-refractivity contribution in [1.29, 1.82) is 0 Å². The Balaban J connectivity index is 1.87. The molecule has 1 saturated carbocycles. The molecule has 0 spiro atoms. The first kappa shape index (κ1) is 13.8. The molecule has 0 aromatic heterocycles. The van der Waals surface area contributed by atoms with Crippen LogP contribution in [-0.2, 0) is 4.79 Å². The van der Waals surface area contributed by atoms with Crippen LogP contribution in [0.4, 0.5) is 10.1 Å². The van der Waals surface area contributed by atoms with Crippen molar-refractivity contribution < 1.29 is 13.9 Å². The first-order valence-corrected chi connectivity index (χ1v) is 6.64. The lowest BCUT2D eigenvalue weighted by atomic mass is 10.2. The van der Waals surface area contributed by atoms with Crippen molar-refractivity contribution in [1.82, 2.24) is 5.32 Å². The fraction of sp³-hybridized carbons (Fsp3) is 0.500. The molecule has 0 unspecified atom stereocenters. The van der Waals surface area contributed by atoms with Crippen molar-refractivity contribution in [3.05, 3.63) is 24.0 Å². The van der Waals surface area contributed by atoms with Crippen LogP contribution < -0.4 is 15.4 Å². The first-order valence-electron chi connectivity index (χ1n) is 6.64. The van der Waals surface area contributed by atoms with Crippen molar-refractivity contribution in [3.8, 4) is 5.75 Å². The standard InChI is InChI=1S/C14H19FN2O2/c1-2-19-13-9-10(15)3-6-12(13)17-14(18)7-8-16-11-4-5-11/h3,6,9,11,16H,2,4-5,7-8H2,1H3,(H,17,18). The van der Waals surface area contributed by atoms with Crippen LogP contribution in [0.5, 0.6) is 5.75 Å². The number of amides is 1. The number of anilines is 1. The molecule has 0 bridgehead atoms. The van der Waals surface area contributed by atoms with Gasteiger partial charge in [0.05, 0.1) is 12.3 Å². The Kier molecular flexibility index (Phi) is 4.74. The van der Waals surface area contributed by atoms with E-state index in [0.29, 0.717) is 37.1 Å². The summed E-state index contributed by atoms with van der Waals surface area (Å²) in [6.07, 6.45) is 2.81. The molecule has 1 fully saturated rings. The summed E-state index contributed by atoms with van der Waals surface area (Å²) in [7, 11) is 0. The van der Waals surface area contributed by atoms with Gasteiger partial charge in [-0.05, 0) is 31.9 Å². The monoisotopic (exact) mass is 266 g/mol. The molecule has 2 N–H and O–H groups in total. The van der Waals surface area contributed by atoms with Gasteiger partial charge in [0.1, 0.15) is 11.6 Å². The fourth-order valence-corrected chi connectivity index (χ4v) is 1.76. The molecule has 0 atom stereocenters. The van der Waals surface area contributed by atoms with E-state index in [4.69, 9.17) is 4.74 Å². The zero-order chi connectivity index (χ0) is 13.7. The number of rotatable bonds is 7. The van der Waals surface area contributed by atoms with Crippen molar-refractivity contribution >= 4 is 11.6 Å². The summed E-state index contributed by atoms with van der Waals surface area (Å²) in [6.45, 7) is 2.91. The highest BCUT2D eigenvalue weighted by Gasteiger charge is 2.20. The highest BCUT2D eigenvalue weighted by molar-refractivity contribution is 5.92. The number of halogens is 1. The van der Waals surface area contributed by atoms with Crippen molar-refractivity contribution in [2.45, 2.75) is 32.2 Å². The second-order valence-electron chi connectivity index (χ2n) is 4.60. The Labute approximate surface area is 112 Å². The molecule has 0 heterocycles. The SMILES string of the molecule is CCOc1cc(F)ccc1NC(=O)CCNC1CC1. The molecule has 1 aromatic carbocycles. The number of carbonyl (C=O) groups excluding carboxylic acids is 1. The van der Waals surface area contributed by atoms with Gasteiger partial charge in [0.15, 0.2) is 0 Å². The molecular formula is C14H19FN2O2. The Morgan fingerprint density at radius 2 is 2.26 bits per heavy atom. The van der Waals surface area contributed by atoms with Gasteiger partial charge in [0.2, 0.25) is 5.91 Å². The predicted molar refractivity (Wildman–Crippen MR) is 71.8 cm³/mol. The lowest BCUT2D eigenvalue weighted by molar-refractivity contribution is -0.116. The molecule has 1 aromatic rings. The minimum Gasteiger partial charge on any atom is -0.492 e. The Morgan fingerprint density at radius 3 is 2.95 bits per heavy atom. The van der Waals surface area contributed by atoms with Gasteiger partial charge >= 0.3 is 0 Å². The van der Waals surface area contributed by atoms with E-state index in [2.05, 4.69) is 10.6 Å². The quantitative estimate of drug-likeness (QED) is 0.796. The maximum atomic E-state index is 13.1. The molecule has 104 valence electrons. The largest absolute Gasteiger partial charge is 0.492 e. The minimum atomic E-state index is -0.378. The molecule has 1 amide bonds. The average Bonchev–Trinajstić information content (AvgIpc) is 3.17. The van der Waals surface area contributed by atoms with Crippen LogP contribution in [0.25, 0.3) is 0 Å². The normalized spacial score (nSPS) is 14.2. The number of hydrogen-bond acceptors (Lipinski definition) is 3. The van der Waals surface area contributed by atoms with E-state index in [1.165, 1.54) is 31.0 Å². The summed E-state index contributed by atoms with van der Waals surface area (Å²) in [5.74, 6) is -0.108. The molecule has 5 heteroatoms. The van der Waals surface area contributed by atoms with Crippen LogP contribution in [-0.4, -0.2) is 25.1 Å². The van der Waals surface area contributed by atoms with Crippen LogP contribution >= 0.6 is 0 Å². The summed E-state index contributed by atoms with van der Waals surface area (Å²) in [5.41, 5.74) is 0.514. The third-order valence-corrected chi connectivity index (χ3v) is 2.88. The topological polar surface area (TPSA) is 50.4 Å². The van der Waals surface area contributed by atoms with Gasteiger partial charge < -0.3 is 15.4 Å². The second-order valence-corrected chi connectivity index (χ2v) is 4.60. The molecule has 2 rings (SSSR count). The smallest absolute Gasteiger partial charge is 0.225 e. The zero-order valence-corrected chi connectivity index (χ0v) is 11.0.